The molecule has 160 valence electrons. The van der Waals surface area contributed by atoms with Crippen molar-refractivity contribution in [2.24, 2.45) is 5.92 Å². The first-order chi connectivity index (χ1) is 15.0. The van der Waals surface area contributed by atoms with E-state index in [1.54, 1.807) is 7.11 Å². The van der Waals surface area contributed by atoms with E-state index in [0.29, 0.717) is 5.02 Å². The minimum absolute atomic E-state index is 0.0267. The van der Waals surface area contributed by atoms with Crippen LogP contribution in [0.1, 0.15) is 18.4 Å². The molecule has 1 N–H and O–H groups in total. The lowest BCUT2D eigenvalue weighted by atomic mass is 9.95. The van der Waals surface area contributed by atoms with E-state index in [1.165, 1.54) is 0 Å². The summed E-state index contributed by atoms with van der Waals surface area (Å²) in [7, 11) is 1.65. The Kier molecular flexibility index (Phi) is 6.37. The van der Waals surface area contributed by atoms with Crippen LogP contribution in [0, 0.1) is 12.8 Å². The fourth-order valence-corrected chi connectivity index (χ4v) is 3.93. The van der Waals surface area contributed by atoms with Gasteiger partial charge < -0.3 is 15.0 Å². The SMILES string of the molecule is COc1ccc(-c2ccc(N3CCC(C(=O)Nc4cccc(Cl)c4C)CC3)nn2)cc1. The van der Waals surface area contributed by atoms with Gasteiger partial charge >= 0.3 is 0 Å². The second kappa shape index (κ2) is 9.35. The standard InChI is InChI=1S/C24H25ClN4O2/c1-16-20(25)4-3-5-21(16)26-24(30)18-12-14-29(15-13-18)23-11-10-22(27-28-23)17-6-8-19(31-2)9-7-17/h3-11,18H,12-15H2,1-2H3,(H,26,30). The van der Waals surface area contributed by atoms with Crippen LogP contribution < -0.4 is 15.0 Å². The predicted molar refractivity (Wildman–Crippen MR) is 124 cm³/mol. The van der Waals surface area contributed by atoms with Crippen LogP contribution in [0.5, 0.6) is 5.75 Å². The molecule has 6 nitrogen and oxygen atoms in total. The van der Waals surface area contributed by atoms with E-state index >= 15 is 0 Å². The van der Waals surface area contributed by atoms with Gasteiger partial charge in [-0.3, -0.25) is 4.79 Å². The number of rotatable bonds is 5. The second-order valence-electron chi connectivity index (χ2n) is 7.67. The number of carbonyl (C=O) groups is 1. The number of carbonyl (C=O) groups excluding carboxylic acids is 1. The van der Waals surface area contributed by atoms with Gasteiger partial charge in [-0.2, -0.15) is 0 Å². The first kappa shape index (κ1) is 21.1. The summed E-state index contributed by atoms with van der Waals surface area (Å²) in [5.74, 6) is 1.67. The summed E-state index contributed by atoms with van der Waals surface area (Å²) in [6.45, 7) is 3.45. The Balaban J connectivity index is 1.35. The highest BCUT2D eigenvalue weighted by molar-refractivity contribution is 6.31. The molecule has 0 unspecified atom stereocenters. The van der Waals surface area contributed by atoms with E-state index in [1.807, 2.05) is 61.5 Å². The highest BCUT2D eigenvalue weighted by Gasteiger charge is 2.26. The molecular weight excluding hydrogens is 412 g/mol. The number of hydrogen-bond donors (Lipinski definition) is 1. The minimum Gasteiger partial charge on any atom is -0.497 e. The third kappa shape index (κ3) is 4.80. The summed E-state index contributed by atoms with van der Waals surface area (Å²) in [6.07, 6.45) is 1.54. The summed E-state index contributed by atoms with van der Waals surface area (Å²) in [6, 6.07) is 17.3. The quantitative estimate of drug-likeness (QED) is 0.611. The Hall–Kier alpha value is -3.12. The van der Waals surface area contributed by atoms with Crippen molar-refractivity contribution in [1.29, 1.82) is 0 Å². The molecule has 0 aliphatic carbocycles. The maximum Gasteiger partial charge on any atom is 0.227 e. The van der Waals surface area contributed by atoms with Crippen LogP contribution >= 0.6 is 11.6 Å². The maximum atomic E-state index is 12.7. The third-order valence-electron chi connectivity index (χ3n) is 5.75. The van der Waals surface area contributed by atoms with Crippen LogP contribution in [-0.2, 0) is 4.79 Å². The number of methoxy groups -OCH3 is 1. The van der Waals surface area contributed by atoms with Gasteiger partial charge in [-0.1, -0.05) is 17.7 Å². The molecule has 7 heteroatoms. The van der Waals surface area contributed by atoms with E-state index < -0.39 is 0 Å². The van der Waals surface area contributed by atoms with Crippen LogP contribution in [-0.4, -0.2) is 36.3 Å². The molecule has 1 aliphatic rings. The molecule has 1 aromatic heterocycles. The highest BCUT2D eigenvalue weighted by Crippen LogP contribution is 2.27. The first-order valence-corrected chi connectivity index (χ1v) is 10.7. The molecular formula is C24H25ClN4O2. The van der Waals surface area contributed by atoms with Crippen LogP contribution in [0.25, 0.3) is 11.3 Å². The molecule has 0 bridgehead atoms. The van der Waals surface area contributed by atoms with Crippen molar-refractivity contribution < 1.29 is 9.53 Å². The molecule has 3 aromatic rings. The summed E-state index contributed by atoms with van der Waals surface area (Å²) < 4.78 is 5.20. The number of nitrogens with zero attached hydrogens (tertiary/aromatic N) is 3. The third-order valence-corrected chi connectivity index (χ3v) is 6.16. The Bertz CT molecular complexity index is 1050. The number of amides is 1. The molecule has 1 aliphatic heterocycles. The van der Waals surface area contributed by atoms with Crippen molar-refractivity contribution in [2.45, 2.75) is 19.8 Å². The predicted octanol–water partition coefficient (Wildman–Crippen LogP) is 4.97. The van der Waals surface area contributed by atoms with Crippen LogP contribution in [0.15, 0.2) is 54.6 Å². The number of aromatic nitrogens is 2. The number of hydrogen-bond acceptors (Lipinski definition) is 5. The van der Waals surface area contributed by atoms with Gasteiger partial charge in [-0.25, -0.2) is 0 Å². The van der Waals surface area contributed by atoms with Gasteiger partial charge in [-0.15, -0.1) is 10.2 Å². The number of piperidine rings is 1. The molecule has 0 spiro atoms. The molecule has 1 fully saturated rings. The monoisotopic (exact) mass is 436 g/mol. The van der Waals surface area contributed by atoms with E-state index in [9.17, 15) is 4.79 Å². The summed E-state index contributed by atoms with van der Waals surface area (Å²) in [5.41, 5.74) is 3.48. The molecule has 1 saturated heterocycles. The fourth-order valence-electron chi connectivity index (χ4n) is 3.76. The summed E-state index contributed by atoms with van der Waals surface area (Å²) >= 11 is 6.16. The van der Waals surface area contributed by atoms with Crippen molar-refractivity contribution in [3.05, 3.63) is 65.2 Å². The number of anilines is 2. The fraction of sp³-hybridized carbons (Fsp3) is 0.292. The van der Waals surface area contributed by atoms with Gasteiger partial charge in [-0.05, 0) is 73.9 Å². The molecule has 4 rings (SSSR count). The van der Waals surface area contributed by atoms with E-state index in [4.69, 9.17) is 16.3 Å². The average Bonchev–Trinajstić information content (AvgIpc) is 2.82. The average molecular weight is 437 g/mol. The van der Waals surface area contributed by atoms with Crippen molar-refractivity contribution in [1.82, 2.24) is 10.2 Å². The molecule has 1 amide bonds. The lowest BCUT2D eigenvalue weighted by molar-refractivity contribution is -0.120. The molecule has 0 atom stereocenters. The van der Waals surface area contributed by atoms with Crippen LogP contribution in [0.2, 0.25) is 5.02 Å². The van der Waals surface area contributed by atoms with Crippen molar-refractivity contribution in [2.75, 3.05) is 30.4 Å². The van der Waals surface area contributed by atoms with Crippen LogP contribution in [0.4, 0.5) is 11.5 Å². The van der Waals surface area contributed by atoms with Gasteiger partial charge in [0.15, 0.2) is 5.82 Å². The molecule has 31 heavy (non-hydrogen) atoms. The summed E-state index contributed by atoms with van der Waals surface area (Å²) in [5, 5.41) is 12.5. The van der Waals surface area contributed by atoms with E-state index in [0.717, 1.165) is 60.0 Å². The molecule has 0 saturated carbocycles. The van der Waals surface area contributed by atoms with E-state index in [2.05, 4.69) is 20.4 Å². The van der Waals surface area contributed by atoms with Crippen LogP contribution in [0.3, 0.4) is 0 Å². The Labute approximate surface area is 187 Å². The van der Waals surface area contributed by atoms with Gasteiger partial charge in [0.1, 0.15) is 5.75 Å². The lowest BCUT2D eigenvalue weighted by Gasteiger charge is -2.32. The lowest BCUT2D eigenvalue weighted by Crippen LogP contribution is -2.38. The highest BCUT2D eigenvalue weighted by atomic mass is 35.5. The molecule has 0 radical (unpaired) electrons. The van der Waals surface area contributed by atoms with Crippen molar-refractivity contribution in [3.8, 4) is 17.0 Å². The van der Waals surface area contributed by atoms with E-state index in [-0.39, 0.29) is 11.8 Å². The zero-order valence-corrected chi connectivity index (χ0v) is 18.4. The van der Waals surface area contributed by atoms with Gasteiger partial charge in [0.05, 0.1) is 12.8 Å². The summed E-state index contributed by atoms with van der Waals surface area (Å²) in [4.78, 5) is 14.9. The molecule has 2 heterocycles. The number of benzene rings is 2. The zero-order valence-electron chi connectivity index (χ0n) is 17.6. The van der Waals surface area contributed by atoms with Crippen molar-refractivity contribution >= 4 is 29.0 Å². The Morgan fingerprint density at radius 1 is 1.06 bits per heavy atom. The first-order valence-electron chi connectivity index (χ1n) is 10.3. The topological polar surface area (TPSA) is 67.3 Å². The van der Waals surface area contributed by atoms with Gasteiger partial charge in [0.25, 0.3) is 0 Å². The number of ether oxygens (including phenoxy) is 1. The maximum absolute atomic E-state index is 12.7. The Morgan fingerprint density at radius 3 is 2.45 bits per heavy atom. The molecule has 2 aromatic carbocycles. The minimum atomic E-state index is -0.0267. The smallest absolute Gasteiger partial charge is 0.227 e. The van der Waals surface area contributed by atoms with Gasteiger partial charge in [0, 0.05) is 35.3 Å². The largest absolute Gasteiger partial charge is 0.497 e. The normalized spacial score (nSPS) is 14.4. The second-order valence-corrected chi connectivity index (χ2v) is 8.08. The Morgan fingerprint density at radius 2 is 1.81 bits per heavy atom. The van der Waals surface area contributed by atoms with Crippen molar-refractivity contribution in [3.63, 3.8) is 0 Å². The number of nitrogens with one attached hydrogen (secondary N) is 1. The zero-order chi connectivity index (χ0) is 21.8. The number of halogens is 1. The van der Waals surface area contributed by atoms with Gasteiger partial charge in [0.2, 0.25) is 5.91 Å².